The number of hydrogen-bond donors (Lipinski definition) is 2. The number of nitrogens with zero attached hydrogens (tertiary/aromatic N) is 1. The molecule has 5 nitrogen and oxygen atoms in total. The molecule has 146 valence electrons. The summed E-state index contributed by atoms with van der Waals surface area (Å²) in [5.41, 5.74) is 3.14. The number of hydrogen-bond acceptors (Lipinski definition) is 4. The molecule has 2 atom stereocenters. The molecule has 2 N–H and O–H groups in total. The van der Waals surface area contributed by atoms with Gasteiger partial charge in [0, 0.05) is 28.1 Å². The Morgan fingerprint density at radius 3 is 2.75 bits per heavy atom. The molecule has 2 aromatic carbocycles. The van der Waals surface area contributed by atoms with E-state index in [1.54, 1.807) is 18.2 Å². The largest absolute Gasteiger partial charge is 0.480 e. The predicted octanol–water partition coefficient (Wildman–Crippen LogP) is 5.46. The Balaban J connectivity index is 2.08. The van der Waals surface area contributed by atoms with Crippen molar-refractivity contribution in [2.24, 2.45) is 5.92 Å². The highest BCUT2D eigenvalue weighted by Crippen LogP contribution is 2.35. The van der Waals surface area contributed by atoms with Crippen molar-refractivity contribution >= 4 is 28.5 Å². The van der Waals surface area contributed by atoms with Crippen molar-refractivity contribution in [2.45, 2.75) is 32.4 Å². The average Bonchev–Trinajstić information content (AvgIpc) is 3.07. The Morgan fingerprint density at radius 1 is 1.32 bits per heavy atom. The molecule has 0 radical (unpaired) electrons. The summed E-state index contributed by atoms with van der Waals surface area (Å²) in [6.07, 6.45) is 2.36. The molecule has 0 spiro atoms. The van der Waals surface area contributed by atoms with Gasteiger partial charge in [0.25, 0.3) is 0 Å². The van der Waals surface area contributed by atoms with E-state index in [0.717, 1.165) is 16.5 Å². The number of nitrogens with one attached hydrogen (secondary N) is 1. The van der Waals surface area contributed by atoms with Gasteiger partial charge in [-0.15, -0.1) is 6.58 Å². The van der Waals surface area contributed by atoms with Crippen LogP contribution >= 0.6 is 11.6 Å². The van der Waals surface area contributed by atoms with Crippen LogP contribution in [0.4, 0.5) is 0 Å². The summed E-state index contributed by atoms with van der Waals surface area (Å²) >= 11 is 6.05. The van der Waals surface area contributed by atoms with E-state index in [-0.39, 0.29) is 12.0 Å². The van der Waals surface area contributed by atoms with Crippen LogP contribution in [-0.4, -0.2) is 22.3 Å². The maximum absolute atomic E-state index is 11.7. The molecule has 28 heavy (non-hydrogen) atoms. The molecule has 6 heteroatoms. The number of carboxylic acids is 1. The number of benzene rings is 2. The summed E-state index contributed by atoms with van der Waals surface area (Å²) in [5, 5.41) is 18.6. The number of aliphatic carboxylic acids is 1. The van der Waals surface area contributed by atoms with E-state index in [0.29, 0.717) is 22.7 Å². The first-order chi connectivity index (χ1) is 13.4. The fourth-order valence-electron chi connectivity index (χ4n) is 3.34. The van der Waals surface area contributed by atoms with Gasteiger partial charge in [0.1, 0.15) is 11.7 Å². The minimum absolute atomic E-state index is 0.0630. The molecular weight excluding hydrogens is 376 g/mol. The summed E-state index contributed by atoms with van der Waals surface area (Å²) in [6.45, 7) is 7.61. The van der Waals surface area contributed by atoms with Gasteiger partial charge in [-0.1, -0.05) is 60.9 Å². The van der Waals surface area contributed by atoms with Gasteiger partial charge < -0.3 is 9.63 Å². The van der Waals surface area contributed by atoms with Crippen LogP contribution in [0.1, 0.15) is 31.9 Å². The fourth-order valence-corrected chi connectivity index (χ4v) is 3.50. The van der Waals surface area contributed by atoms with Gasteiger partial charge in [-0.25, -0.2) is 0 Å². The molecule has 0 aliphatic rings. The van der Waals surface area contributed by atoms with Crippen LogP contribution in [0, 0.1) is 5.92 Å². The number of aromatic nitrogens is 1. The number of halogens is 1. The number of carboxylic acid groups (broad SMARTS) is 1. The summed E-state index contributed by atoms with van der Waals surface area (Å²) in [6, 6.07) is 12.3. The third-order valence-corrected chi connectivity index (χ3v) is 4.98. The molecule has 1 heterocycles. The molecule has 0 aliphatic carbocycles. The van der Waals surface area contributed by atoms with Crippen molar-refractivity contribution in [3.63, 3.8) is 0 Å². The summed E-state index contributed by atoms with van der Waals surface area (Å²) < 4.78 is 5.47. The molecular formula is C22H23ClN2O3. The highest BCUT2D eigenvalue weighted by Gasteiger charge is 2.27. The lowest BCUT2D eigenvalue weighted by atomic mass is 9.93. The third-order valence-electron chi connectivity index (χ3n) is 4.74. The van der Waals surface area contributed by atoms with Gasteiger partial charge in [-0.3, -0.25) is 10.1 Å². The van der Waals surface area contributed by atoms with E-state index >= 15 is 0 Å². The molecule has 3 aromatic rings. The monoisotopic (exact) mass is 398 g/mol. The lowest BCUT2D eigenvalue weighted by molar-refractivity contribution is -0.140. The summed E-state index contributed by atoms with van der Waals surface area (Å²) in [7, 11) is 0. The first-order valence-electron chi connectivity index (χ1n) is 9.16. The van der Waals surface area contributed by atoms with Gasteiger partial charge in [0.2, 0.25) is 0 Å². The van der Waals surface area contributed by atoms with Gasteiger partial charge >= 0.3 is 5.97 Å². The van der Waals surface area contributed by atoms with E-state index < -0.39 is 12.0 Å². The van der Waals surface area contributed by atoms with Crippen molar-refractivity contribution in [1.29, 1.82) is 0 Å². The highest BCUT2D eigenvalue weighted by molar-refractivity contribution is 6.31. The van der Waals surface area contributed by atoms with E-state index in [9.17, 15) is 9.90 Å². The van der Waals surface area contributed by atoms with Crippen LogP contribution in [0.15, 0.2) is 59.6 Å². The Morgan fingerprint density at radius 2 is 2.07 bits per heavy atom. The lowest BCUT2D eigenvalue weighted by Crippen LogP contribution is -2.43. The fraction of sp³-hybridized carbons (Fsp3) is 0.273. The van der Waals surface area contributed by atoms with E-state index in [1.165, 1.54) is 0 Å². The topological polar surface area (TPSA) is 75.4 Å². The zero-order valence-electron chi connectivity index (χ0n) is 15.9. The van der Waals surface area contributed by atoms with Crippen LogP contribution in [0.5, 0.6) is 0 Å². The van der Waals surface area contributed by atoms with Gasteiger partial charge in [0.05, 0.1) is 0 Å². The normalized spacial score (nSPS) is 13.6. The van der Waals surface area contributed by atoms with Gasteiger partial charge in [-0.2, -0.15) is 0 Å². The Labute approximate surface area is 169 Å². The van der Waals surface area contributed by atoms with Crippen LogP contribution in [-0.2, 0) is 4.79 Å². The van der Waals surface area contributed by atoms with Crippen LogP contribution in [0.2, 0.25) is 5.02 Å². The van der Waals surface area contributed by atoms with Crippen molar-refractivity contribution in [3.05, 3.63) is 65.7 Å². The van der Waals surface area contributed by atoms with Crippen molar-refractivity contribution in [2.75, 3.05) is 0 Å². The molecule has 0 bridgehead atoms. The maximum atomic E-state index is 11.7. The Kier molecular flexibility index (Phi) is 6.17. The molecule has 0 saturated heterocycles. The molecule has 3 rings (SSSR count). The lowest BCUT2D eigenvalue weighted by Gasteiger charge is -2.26. The first kappa shape index (κ1) is 20.1. The van der Waals surface area contributed by atoms with Gasteiger partial charge in [-0.05, 0) is 30.0 Å². The second-order valence-corrected chi connectivity index (χ2v) is 7.50. The maximum Gasteiger partial charge on any atom is 0.320 e. The number of fused-ring (bicyclic) bond motifs is 1. The molecule has 1 aromatic heterocycles. The Bertz CT molecular complexity index is 996. The second kappa shape index (κ2) is 8.59. The van der Waals surface area contributed by atoms with Crippen LogP contribution in [0.25, 0.3) is 22.2 Å². The summed E-state index contributed by atoms with van der Waals surface area (Å²) in [5.74, 6) is -0.935. The van der Waals surface area contributed by atoms with E-state index in [1.807, 2.05) is 44.2 Å². The van der Waals surface area contributed by atoms with Crippen molar-refractivity contribution in [1.82, 2.24) is 10.5 Å². The minimum atomic E-state index is -0.872. The smallest absolute Gasteiger partial charge is 0.320 e. The number of rotatable bonds is 8. The zero-order chi connectivity index (χ0) is 20.3. The quantitative estimate of drug-likeness (QED) is 0.492. The van der Waals surface area contributed by atoms with E-state index in [4.69, 9.17) is 16.1 Å². The van der Waals surface area contributed by atoms with Crippen LogP contribution in [0.3, 0.4) is 0 Å². The van der Waals surface area contributed by atoms with Crippen LogP contribution < -0.4 is 5.32 Å². The standard InChI is InChI=1S/C22H23ClN2O3/c1-4-7-18(24-20(13(2)3)22(26)27)15-8-5-6-9-16(15)21-17-11-10-14(23)12-19(17)28-25-21/h4-6,8-13,18,20,24H,1,7H2,2-3H3,(H,26,27)/t18?,20-/m0/s1. The first-order valence-corrected chi connectivity index (χ1v) is 9.54. The third kappa shape index (κ3) is 4.11. The highest BCUT2D eigenvalue weighted by atomic mass is 35.5. The predicted molar refractivity (Wildman–Crippen MR) is 111 cm³/mol. The average molecular weight is 399 g/mol. The zero-order valence-corrected chi connectivity index (χ0v) is 16.6. The Hall–Kier alpha value is -2.63. The minimum Gasteiger partial charge on any atom is -0.480 e. The molecule has 0 aliphatic heterocycles. The van der Waals surface area contributed by atoms with Crippen molar-refractivity contribution in [3.8, 4) is 11.3 Å². The molecule has 0 saturated carbocycles. The molecule has 0 fully saturated rings. The van der Waals surface area contributed by atoms with Gasteiger partial charge in [0.15, 0.2) is 5.58 Å². The second-order valence-electron chi connectivity index (χ2n) is 7.06. The van der Waals surface area contributed by atoms with E-state index in [2.05, 4.69) is 17.1 Å². The number of carbonyl (C=O) groups is 1. The van der Waals surface area contributed by atoms with Crippen molar-refractivity contribution < 1.29 is 14.4 Å². The summed E-state index contributed by atoms with van der Waals surface area (Å²) in [4.78, 5) is 11.7. The SMILES string of the molecule is C=CCC(N[C@H](C(=O)O)C(C)C)c1ccccc1-c1noc2cc(Cl)ccc12. The molecule has 1 unspecified atom stereocenters. The molecule has 0 amide bonds.